The summed E-state index contributed by atoms with van der Waals surface area (Å²) in [6.45, 7) is 5.25. The molecule has 0 amide bonds. The summed E-state index contributed by atoms with van der Waals surface area (Å²) in [6, 6.07) is 0. The predicted molar refractivity (Wildman–Crippen MR) is 33.4 cm³/mol. The van der Waals surface area contributed by atoms with Crippen molar-refractivity contribution in [3.63, 3.8) is 0 Å². The highest BCUT2D eigenvalue weighted by Gasteiger charge is 1.65. The molecule has 0 aliphatic heterocycles. The zero-order chi connectivity index (χ0) is 9.86. The number of rotatable bonds is 0. The van der Waals surface area contributed by atoms with Crippen LogP contribution in [0.4, 0.5) is 0 Å². The molecule has 66 valence electrons. The minimum atomic E-state index is -1.50. The quantitative estimate of drug-likeness (QED) is 0.308. The topological polar surface area (TPSA) is 127 Å². The van der Waals surface area contributed by atoms with Gasteiger partial charge in [0.25, 0.3) is 10.2 Å². The van der Waals surface area contributed by atoms with E-state index >= 15 is 0 Å². The maximum absolute atomic E-state index is 8.36. The Morgan fingerprint density at radius 2 is 1.27 bits per heavy atom. The molecule has 0 aliphatic carbocycles. The van der Waals surface area contributed by atoms with Crippen LogP contribution in [0.3, 0.4) is 0 Å². The summed E-state index contributed by atoms with van der Waals surface area (Å²) in [6.07, 6.45) is 1.75. The van der Waals surface area contributed by atoms with E-state index in [1.54, 1.807) is 6.08 Å². The second-order valence-corrected chi connectivity index (χ2v) is 0.884. The van der Waals surface area contributed by atoms with Gasteiger partial charge in [0.15, 0.2) is 0 Å². The van der Waals surface area contributed by atoms with E-state index in [-0.39, 0.29) is 0 Å². The summed E-state index contributed by atoms with van der Waals surface area (Å²) in [5.41, 5.74) is 0. The first-order valence-corrected chi connectivity index (χ1v) is 2.12. The maximum atomic E-state index is 8.36. The van der Waals surface area contributed by atoms with Crippen molar-refractivity contribution < 1.29 is 20.6 Å². The van der Waals surface area contributed by atoms with Gasteiger partial charge in [-0.1, -0.05) is 6.08 Å². The maximum Gasteiger partial charge on any atom is 0.291 e. The second-order valence-electron chi connectivity index (χ2n) is 0.884. The van der Waals surface area contributed by atoms with Gasteiger partial charge in [-0.15, -0.1) is 26.8 Å². The fraction of sp³-hybridized carbons (Fsp3) is 0.333. The van der Waals surface area contributed by atoms with E-state index in [0.29, 0.717) is 0 Å². The lowest BCUT2D eigenvalue weighted by atomic mass is 10.8. The van der Waals surface area contributed by atoms with Gasteiger partial charge in [0, 0.05) is 0 Å². The van der Waals surface area contributed by atoms with Gasteiger partial charge in [-0.05, 0) is 6.92 Å². The fourth-order valence-electron chi connectivity index (χ4n) is 0. The van der Waals surface area contributed by atoms with Crippen molar-refractivity contribution >= 4 is 0 Å². The van der Waals surface area contributed by atoms with Gasteiger partial charge in [-0.2, -0.15) is 0 Å². The molecule has 0 aromatic rings. The minimum absolute atomic E-state index is 1.50. The van der Waals surface area contributed by atoms with Crippen molar-refractivity contribution in [1.29, 1.82) is 0 Å². The molecule has 0 rings (SSSR count). The Hall–Kier alpha value is -1.86. The third-order valence-corrected chi connectivity index (χ3v) is 0. The molecule has 0 aromatic carbocycles. The summed E-state index contributed by atoms with van der Waals surface area (Å²) in [4.78, 5) is 16.7. The van der Waals surface area contributed by atoms with E-state index in [4.69, 9.17) is 30.6 Å². The van der Waals surface area contributed by atoms with Gasteiger partial charge >= 0.3 is 0 Å². The van der Waals surface area contributed by atoms with E-state index in [1.807, 2.05) is 6.92 Å². The molecule has 0 spiro atoms. The average molecular weight is 168 g/mol. The Kier molecular flexibility index (Phi) is 22.9. The summed E-state index contributed by atoms with van der Waals surface area (Å²) in [7, 11) is 0. The first kappa shape index (κ1) is 16.1. The van der Waals surface area contributed by atoms with Gasteiger partial charge in [-0.25, -0.2) is 0 Å². The lowest BCUT2D eigenvalue weighted by molar-refractivity contribution is -0.742. The van der Waals surface area contributed by atoms with Gasteiger partial charge in [0.1, 0.15) is 0 Å². The van der Waals surface area contributed by atoms with E-state index in [2.05, 4.69) is 6.58 Å². The molecule has 8 heteroatoms. The monoisotopic (exact) mass is 168 g/mol. The predicted octanol–water partition coefficient (Wildman–Crippen LogP) is 0.497. The zero-order valence-corrected chi connectivity index (χ0v) is 5.71. The molecule has 0 radical (unpaired) electrons. The molecule has 0 saturated heterocycles. The lowest BCUT2D eigenvalue weighted by Gasteiger charge is -1.56. The molecular formula is C3H8N2O6. The van der Waals surface area contributed by atoms with Gasteiger partial charge in [0.2, 0.25) is 0 Å². The molecule has 0 aromatic heterocycles. The van der Waals surface area contributed by atoms with Gasteiger partial charge in [-0.3, -0.25) is 0 Å². The third kappa shape index (κ3) is 88.7. The van der Waals surface area contributed by atoms with Crippen LogP contribution in [-0.4, -0.2) is 20.6 Å². The standard InChI is InChI=1S/C3H6.2HNO3/c1-3-2;2*2-1(3)4/h3H,1H2,2H3;2*(H,2,3,4). The number of hydrogen-bond acceptors (Lipinski definition) is 4. The number of hydrogen-bond donors (Lipinski definition) is 2. The molecule has 0 unspecified atom stereocenters. The lowest BCUT2D eigenvalue weighted by Crippen LogP contribution is -1.81. The van der Waals surface area contributed by atoms with E-state index < -0.39 is 10.2 Å². The minimum Gasteiger partial charge on any atom is -0.328 e. The van der Waals surface area contributed by atoms with Crippen LogP contribution in [0.15, 0.2) is 12.7 Å². The van der Waals surface area contributed by atoms with E-state index in [0.717, 1.165) is 0 Å². The smallest absolute Gasteiger partial charge is 0.291 e. The molecule has 0 saturated carbocycles. The summed E-state index contributed by atoms with van der Waals surface area (Å²) < 4.78 is 0. The SMILES string of the molecule is C=CC.O=[N+]([O-])O.O=[N+]([O-])O. The second kappa shape index (κ2) is 15.7. The Morgan fingerprint density at radius 3 is 1.27 bits per heavy atom. The Morgan fingerprint density at radius 1 is 1.27 bits per heavy atom. The Balaban J connectivity index is -0.0000000886. The molecule has 0 bridgehead atoms. The summed E-state index contributed by atoms with van der Waals surface area (Å²) in [5, 5.41) is 27.3. The highest BCUT2D eigenvalue weighted by Crippen LogP contribution is 1.38. The van der Waals surface area contributed by atoms with Crippen molar-refractivity contribution in [2.24, 2.45) is 0 Å². The Bertz CT molecular complexity index is 103. The van der Waals surface area contributed by atoms with Crippen LogP contribution in [-0.2, 0) is 0 Å². The van der Waals surface area contributed by atoms with Crippen molar-refractivity contribution in [1.82, 2.24) is 0 Å². The van der Waals surface area contributed by atoms with Crippen molar-refractivity contribution in [2.75, 3.05) is 0 Å². The van der Waals surface area contributed by atoms with Crippen LogP contribution in [0.2, 0.25) is 0 Å². The number of allylic oxidation sites excluding steroid dienone is 1. The molecule has 0 atom stereocenters. The van der Waals surface area contributed by atoms with Crippen molar-refractivity contribution in [3.05, 3.63) is 32.9 Å². The first-order valence-electron chi connectivity index (χ1n) is 2.12. The van der Waals surface area contributed by atoms with Gasteiger partial charge in [0.05, 0.1) is 0 Å². The molecule has 0 heterocycles. The fourth-order valence-corrected chi connectivity index (χ4v) is 0. The van der Waals surface area contributed by atoms with Crippen LogP contribution >= 0.6 is 0 Å². The van der Waals surface area contributed by atoms with E-state index in [1.165, 1.54) is 0 Å². The highest BCUT2D eigenvalue weighted by molar-refractivity contribution is 4.51. The van der Waals surface area contributed by atoms with Crippen LogP contribution in [0.5, 0.6) is 0 Å². The third-order valence-electron chi connectivity index (χ3n) is 0. The zero-order valence-electron chi connectivity index (χ0n) is 5.71. The van der Waals surface area contributed by atoms with Crippen molar-refractivity contribution in [3.8, 4) is 0 Å². The van der Waals surface area contributed by atoms with E-state index in [9.17, 15) is 0 Å². The number of nitrogens with zero attached hydrogens (tertiary/aromatic N) is 2. The van der Waals surface area contributed by atoms with Crippen LogP contribution in [0.25, 0.3) is 0 Å². The van der Waals surface area contributed by atoms with Crippen LogP contribution < -0.4 is 0 Å². The molecule has 0 fully saturated rings. The molecule has 8 nitrogen and oxygen atoms in total. The molecular weight excluding hydrogens is 160 g/mol. The normalized spacial score (nSPS) is 5.55. The molecule has 11 heavy (non-hydrogen) atoms. The first-order chi connectivity index (χ1) is 4.88. The summed E-state index contributed by atoms with van der Waals surface area (Å²) >= 11 is 0. The van der Waals surface area contributed by atoms with Crippen LogP contribution in [0.1, 0.15) is 6.92 Å². The van der Waals surface area contributed by atoms with Gasteiger partial charge < -0.3 is 10.4 Å². The largest absolute Gasteiger partial charge is 0.328 e. The van der Waals surface area contributed by atoms with Crippen LogP contribution in [0, 0.1) is 20.2 Å². The summed E-state index contributed by atoms with van der Waals surface area (Å²) in [5.74, 6) is 0. The highest BCUT2D eigenvalue weighted by atomic mass is 16.9. The molecule has 2 N–H and O–H groups in total. The Labute approximate surface area is 61.6 Å². The average Bonchev–Trinajstić information content (AvgIpc) is 1.60. The van der Waals surface area contributed by atoms with Crippen molar-refractivity contribution in [2.45, 2.75) is 6.92 Å². The molecule has 0 aliphatic rings.